The summed E-state index contributed by atoms with van der Waals surface area (Å²) >= 11 is 0. The zero-order valence-electron chi connectivity index (χ0n) is 45.0. The maximum atomic E-state index is 9.50. The van der Waals surface area contributed by atoms with Crippen LogP contribution in [0, 0.1) is 0 Å². The van der Waals surface area contributed by atoms with Crippen LogP contribution in [-0.2, 0) is 0 Å². The molecule has 10 aromatic carbocycles. The molecule has 0 unspecified atom stereocenters. The topological polar surface area (TPSA) is 58.4 Å². The van der Waals surface area contributed by atoms with Gasteiger partial charge in [-0.1, -0.05) is 170 Å². The summed E-state index contributed by atoms with van der Waals surface area (Å²) in [7, 11) is 0. The molecular formula is C63H39N7. The van der Waals surface area contributed by atoms with Crippen molar-refractivity contribution in [1.82, 2.24) is 33.2 Å². The van der Waals surface area contributed by atoms with Crippen molar-refractivity contribution in [1.29, 1.82) is 0 Å². The van der Waals surface area contributed by atoms with Gasteiger partial charge in [0, 0.05) is 48.8 Å². The van der Waals surface area contributed by atoms with Crippen LogP contribution in [0.3, 0.4) is 0 Å². The lowest BCUT2D eigenvalue weighted by molar-refractivity contribution is 0.892. The number of hydrogen-bond acceptors (Lipinski definition) is 3. The average Bonchev–Trinajstić information content (AvgIpc) is 4.13. The molecule has 0 fully saturated rings. The normalized spacial score (nSPS) is 13.6. The van der Waals surface area contributed by atoms with E-state index in [0.717, 1.165) is 87.9 Å². The highest BCUT2D eigenvalue weighted by molar-refractivity contribution is 6.12. The second-order valence-corrected chi connectivity index (χ2v) is 17.4. The lowest BCUT2D eigenvalue weighted by atomic mass is 9.96. The third-order valence-electron chi connectivity index (χ3n) is 13.7. The number of rotatable bonds is 6. The van der Waals surface area contributed by atoms with Crippen LogP contribution in [0.4, 0.5) is 0 Å². The summed E-state index contributed by atoms with van der Waals surface area (Å²) in [6.07, 6.45) is 0. The van der Waals surface area contributed by atoms with Crippen molar-refractivity contribution >= 4 is 87.2 Å². The van der Waals surface area contributed by atoms with Crippen LogP contribution in [0.2, 0.25) is 0 Å². The minimum atomic E-state index is -0.549. The van der Waals surface area contributed by atoms with Crippen LogP contribution in [0.15, 0.2) is 236 Å². The zero-order chi connectivity index (χ0) is 52.8. The Bertz CT molecular complexity index is 4860. The predicted octanol–water partition coefficient (Wildman–Crippen LogP) is 15.6. The molecule has 15 aromatic rings. The van der Waals surface area contributed by atoms with Gasteiger partial charge in [0.05, 0.1) is 66.4 Å². The van der Waals surface area contributed by atoms with E-state index < -0.39 is 48.3 Å². The fraction of sp³-hybridized carbons (Fsp3) is 0. The SMILES string of the molecule is [2H]c1c([2H])c([2H])c2c(c1[2H])c1c([2H])c([2H])c([2H])c([2H])c1n2-c1nc(-c2c(-c3ccc(-n4c5ccccc5c5ccccc54)cc3)cccc2-n2c3ccccc3c3ccccc32)nc(-n2c3ccccc3c3ccccc32)n1. The van der Waals surface area contributed by atoms with E-state index in [1.54, 1.807) is 0 Å². The molecule has 5 aromatic heterocycles. The molecule has 0 saturated carbocycles. The molecule has 15 rings (SSSR count). The third-order valence-corrected chi connectivity index (χ3v) is 13.7. The number of aromatic nitrogens is 7. The first-order chi connectivity index (χ1) is 38.1. The van der Waals surface area contributed by atoms with Gasteiger partial charge in [-0.15, -0.1) is 0 Å². The van der Waals surface area contributed by atoms with Crippen molar-refractivity contribution in [2.75, 3.05) is 0 Å². The van der Waals surface area contributed by atoms with E-state index in [-0.39, 0.29) is 39.5 Å². The number of benzene rings is 10. The van der Waals surface area contributed by atoms with E-state index in [4.69, 9.17) is 20.4 Å². The largest absolute Gasteiger partial charge is 0.309 e. The van der Waals surface area contributed by atoms with Gasteiger partial charge in [-0.2, -0.15) is 15.0 Å². The third kappa shape index (κ3) is 5.54. The van der Waals surface area contributed by atoms with Gasteiger partial charge in [0.1, 0.15) is 0 Å². The number of para-hydroxylation sites is 8. The Hall–Kier alpha value is -9.59. The Morgan fingerprint density at radius 2 is 0.686 bits per heavy atom. The summed E-state index contributed by atoms with van der Waals surface area (Å²) in [5.74, 6) is 0.220. The second-order valence-electron chi connectivity index (χ2n) is 17.4. The fourth-order valence-corrected chi connectivity index (χ4v) is 10.8. The van der Waals surface area contributed by atoms with Crippen molar-refractivity contribution in [3.63, 3.8) is 0 Å². The monoisotopic (exact) mass is 901 g/mol. The van der Waals surface area contributed by atoms with Crippen molar-refractivity contribution in [3.8, 4) is 45.8 Å². The molecule has 0 bridgehead atoms. The first-order valence-corrected chi connectivity index (χ1v) is 23.1. The van der Waals surface area contributed by atoms with Gasteiger partial charge >= 0.3 is 0 Å². The van der Waals surface area contributed by atoms with E-state index in [0.29, 0.717) is 5.56 Å². The molecule has 326 valence electrons. The Labute approximate surface area is 412 Å². The summed E-state index contributed by atoms with van der Waals surface area (Å²) in [5.41, 5.74) is 9.28. The van der Waals surface area contributed by atoms with Gasteiger partial charge in [-0.25, -0.2) is 0 Å². The number of hydrogen-bond donors (Lipinski definition) is 0. The molecule has 70 heavy (non-hydrogen) atoms. The first-order valence-electron chi connectivity index (χ1n) is 27.1. The highest BCUT2D eigenvalue weighted by Gasteiger charge is 2.25. The summed E-state index contributed by atoms with van der Waals surface area (Å²) in [4.78, 5) is 16.2. The standard InChI is InChI=1S/C63H39N7/c1-9-27-51-43(18-1)44-19-2-10-28-52(44)67(51)41-38-36-40(37-39-41)42-26-17-35-59(68-53-29-11-3-20-45(53)46-21-4-12-30-54(46)68)60(42)61-64-62(69-55-31-13-5-22-47(55)48-23-6-14-32-56(48)69)66-63(65-61)70-57-33-15-7-24-49(57)50-25-8-16-34-58(50)70/h1-39H/i5D,6D,13D,14D,22D,23D,31D,32D. The highest BCUT2D eigenvalue weighted by atomic mass is 15.3. The molecule has 0 atom stereocenters. The molecule has 7 nitrogen and oxygen atoms in total. The van der Waals surface area contributed by atoms with Crippen LogP contribution in [-0.4, -0.2) is 33.2 Å². The molecule has 0 aliphatic carbocycles. The maximum Gasteiger partial charge on any atom is 0.240 e. The number of fused-ring (bicyclic) bond motifs is 12. The Morgan fingerprint density at radius 1 is 0.300 bits per heavy atom. The Morgan fingerprint density at radius 3 is 1.14 bits per heavy atom. The van der Waals surface area contributed by atoms with Gasteiger partial charge < -0.3 is 9.13 Å². The molecule has 0 radical (unpaired) electrons. The second kappa shape index (κ2) is 15.0. The molecule has 0 spiro atoms. The predicted molar refractivity (Wildman–Crippen MR) is 288 cm³/mol. The molecule has 0 aliphatic rings. The highest BCUT2D eigenvalue weighted by Crippen LogP contribution is 2.42. The zero-order valence-corrected chi connectivity index (χ0v) is 37.0. The molecule has 0 aliphatic heterocycles. The maximum absolute atomic E-state index is 9.50. The van der Waals surface area contributed by atoms with Gasteiger partial charge in [-0.3, -0.25) is 9.13 Å². The lowest BCUT2D eigenvalue weighted by Gasteiger charge is -2.19. The van der Waals surface area contributed by atoms with E-state index in [1.165, 1.54) is 4.57 Å². The van der Waals surface area contributed by atoms with Gasteiger partial charge in [0.25, 0.3) is 0 Å². The summed E-state index contributed by atoms with van der Waals surface area (Å²) in [6, 6.07) is 59.7. The van der Waals surface area contributed by atoms with E-state index in [1.807, 2.05) is 95.6 Å². The van der Waals surface area contributed by atoms with Gasteiger partial charge in [0.15, 0.2) is 5.82 Å². The summed E-state index contributed by atoms with van der Waals surface area (Å²) in [6.45, 7) is 0. The van der Waals surface area contributed by atoms with Gasteiger partial charge in [0.2, 0.25) is 11.9 Å². The van der Waals surface area contributed by atoms with Crippen molar-refractivity contribution in [2.45, 2.75) is 0 Å². The van der Waals surface area contributed by atoms with Crippen molar-refractivity contribution in [2.24, 2.45) is 0 Å². The van der Waals surface area contributed by atoms with E-state index in [9.17, 15) is 5.48 Å². The van der Waals surface area contributed by atoms with Crippen LogP contribution in [0.25, 0.3) is 133 Å². The molecule has 0 saturated heterocycles. The summed E-state index contributed by atoms with van der Waals surface area (Å²) < 4.78 is 80.9. The van der Waals surface area contributed by atoms with Crippen LogP contribution < -0.4 is 0 Å². The van der Waals surface area contributed by atoms with Crippen molar-refractivity contribution < 1.29 is 11.0 Å². The fourth-order valence-electron chi connectivity index (χ4n) is 10.8. The van der Waals surface area contributed by atoms with Crippen LogP contribution in [0.1, 0.15) is 11.0 Å². The van der Waals surface area contributed by atoms with Crippen molar-refractivity contribution in [3.05, 3.63) is 236 Å². The Balaban J connectivity index is 1.10. The Kier molecular flexibility index (Phi) is 6.71. The number of nitrogens with zero attached hydrogens (tertiary/aromatic N) is 7. The minimum absolute atomic E-state index is 0.0851. The molecular weight excluding hydrogens is 855 g/mol. The minimum Gasteiger partial charge on any atom is -0.309 e. The summed E-state index contributed by atoms with van der Waals surface area (Å²) in [5, 5.41) is 6.08. The van der Waals surface area contributed by atoms with E-state index >= 15 is 0 Å². The molecule has 0 amide bonds. The van der Waals surface area contributed by atoms with Crippen LogP contribution >= 0.6 is 0 Å². The quantitative estimate of drug-likeness (QED) is 0.167. The first kappa shape index (κ1) is 31.4. The smallest absolute Gasteiger partial charge is 0.240 e. The van der Waals surface area contributed by atoms with Crippen LogP contribution in [0.5, 0.6) is 0 Å². The molecule has 0 N–H and O–H groups in total. The molecule has 5 heterocycles. The molecule has 7 heteroatoms. The average molecular weight is 902 g/mol. The lowest BCUT2D eigenvalue weighted by Crippen LogP contribution is -2.11. The van der Waals surface area contributed by atoms with Gasteiger partial charge in [-0.05, 0) is 77.8 Å². The van der Waals surface area contributed by atoms with E-state index in [2.05, 4.69) is 106 Å².